The standard InChI is InChI=1S/C16H17F2N3/c17-12-8-11(9-13(18)10-12)15-6-7-19-16(21-15)20-14-4-2-1-3-5-14/h6-10,14H,1-5H2,(H,19,20,21). The normalized spacial score (nSPS) is 15.9. The predicted molar refractivity (Wildman–Crippen MR) is 77.9 cm³/mol. The maximum absolute atomic E-state index is 13.3. The van der Waals surface area contributed by atoms with Gasteiger partial charge >= 0.3 is 0 Å². The van der Waals surface area contributed by atoms with Crippen molar-refractivity contribution in [2.45, 2.75) is 38.1 Å². The molecule has 2 aromatic rings. The Hall–Kier alpha value is -2.04. The third kappa shape index (κ3) is 3.54. The Morgan fingerprint density at radius 1 is 1.00 bits per heavy atom. The summed E-state index contributed by atoms with van der Waals surface area (Å²) in [6.45, 7) is 0. The molecule has 0 radical (unpaired) electrons. The van der Waals surface area contributed by atoms with E-state index in [0.717, 1.165) is 18.9 Å². The van der Waals surface area contributed by atoms with Crippen molar-refractivity contribution in [3.05, 3.63) is 42.1 Å². The average Bonchev–Trinajstić information content (AvgIpc) is 2.47. The fraction of sp³-hybridized carbons (Fsp3) is 0.375. The van der Waals surface area contributed by atoms with Crippen LogP contribution in [0, 0.1) is 11.6 Å². The fourth-order valence-electron chi connectivity index (χ4n) is 2.72. The second-order valence-corrected chi connectivity index (χ2v) is 5.40. The van der Waals surface area contributed by atoms with Crippen LogP contribution in [-0.2, 0) is 0 Å². The van der Waals surface area contributed by atoms with E-state index in [2.05, 4.69) is 15.3 Å². The molecule has 1 fully saturated rings. The molecule has 0 unspecified atom stereocenters. The van der Waals surface area contributed by atoms with Crippen LogP contribution in [0.3, 0.4) is 0 Å². The van der Waals surface area contributed by atoms with Crippen molar-refractivity contribution in [1.82, 2.24) is 9.97 Å². The monoisotopic (exact) mass is 289 g/mol. The summed E-state index contributed by atoms with van der Waals surface area (Å²) >= 11 is 0. The van der Waals surface area contributed by atoms with E-state index >= 15 is 0 Å². The van der Waals surface area contributed by atoms with E-state index in [1.54, 1.807) is 12.3 Å². The highest BCUT2D eigenvalue weighted by Gasteiger charge is 2.14. The van der Waals surface area contributed by atoms with Gasteiger partial charge in [0.15, 0.2) is 0 Å². The molecule has 5 heteroatoms. The molecule has 1 aliphatic carbocycles. The number of aromatic nitrogens is 2. The Morgan fingerprint density at radius 2 is 1.71 bits per heavy atom. The first-order valence-corrected chi connectivity index (χ1v) is 7.27. The maximum atomic E-state index is 13.3. The molecule has 1 aromatic heterocycles. The molecule has 1 aliphatic rings. The van der Waals surface area contributed by atoms with Crippen molar-refractivity contribution in [2.75, 3.05) is 5.32 Å². The number of hydrogen-bond acceptors (Lipinski definition) is 3. The summed E-state index contributed by atoms with van der Waals surface area (Å²) in [7, 11) is 0. The minimum atomic E-state index is -0.606. The number of hydrogen-bond donors (Lipinski definition) is 1. The van der Waals surface area contributed by atoms with Crippen LogP contribution in [0.4, 0.5) is 14.7 Å². The molecule has 0 saturated heterocycles. The van der Waals surface area contributed by atoms with Gasteiger partial charge in [0.2, 0.25) is 5.95 Å². The van der Waals surface area contributed by atoms with Crippen molar-refractivity contribution in [3.8, 4) is 11.3 Å². The minimum absolute atomic E-state index is 0.387. The van der Waals surface area contributed by atoms with Crippen LogP contribution in [-0.4, -0.2) is 16.0 Å². The number of halogens is 2. The summed E-state index contributed by atoms with van der Waals surface area (Å²) in [4.78, 5) is 8.56. The van der Waals surface area contributed by atoms with Crippen molar-refractivity contribution >= 4 is 5.95 Å². The van der Waals surface area contributed by atoms with Gasteiger partial charge in [0.25, 0.3) is 0 Å². The average molecular weight is 289 g/mol. The highest BCUT2D eigenvalue weighted by atomic mass is 19.1. The van der Waals surface area contributed by atoms with Crippen molar-refractivity contribution in [2.24, 2.45) is 0 Å². The molecule has 0 aliphatic heterocycles. The van der Waals surface area contributed by atoms with Gasteiger partial charge in [0, 0.05) is 23.9 Å². The molecule has 0 atom stereocenters. The molecule has 0 amide bonds. The van der Waals surface area contributed by atoms with E-state index in [-0.39, 0.29) is 0 Å². The molecule has 21 heavy (non-hydrogen) atoms. The molecule has 1 N–H and O–H groups in total. The quantitative estimate of drug-likeness (QED) is 0.921. The van der Waals surface area contributed by atoms with Crippen LogP contribution in [0.25, 0.3) is 11.3 Å². The summed E-state index contributed by atoms with van der Waals surface area (Å²) in [6.07, 6.45) is 7.54. The molecule has 1 heterocycles. The Balaban J connectivity index is 1.82. The fourth-order valence-corrected chi connectivity index (χ4v) is 2.72. The van der Waals surface area contributed by atoms with Gasteiger partial charge in [-0.15, -0.1) is 0 Å². The third-order valence-electron chi connectivity index (χ3n) is 3.75. The number of anilines is 1. The number of nitrogens with zero attached hydrogens (tertiary/aromatic N) is 2. The Labute approximate surface area is 122 Å². The number of rotatable bonds is 3. The zero-order valence-electron chi connectivity index (χ0n) is 11.6. The van der Waals surface area contributed by atoms with Crippen LogP contribution in [0.2, 0.25) is 0 Å². The summed E-state index contributed by atoms with van der Waals surface area (Å²) in [6, 6.07) is 5.44. The molecular weight excluding hydrogens is 272 g/mol. The summed E-state index contributed by atoms with van der Waals surface area (Å²) in [5, 5.41) is 3.31. The summed E-state index contributed by atoms with van der Waals surface area (Å²) < 4.78 is 26.6. The Bertz CT molecular complexity index is 604. The topological polar surface area (TPSA) is 37.8 Å². The van der Waals surface area contributed by atoms with E-state index in [4.69, 9.17) is 0 Å². The molecule has 1 saturated carbocycles. The summed E-state index contributed by atoms with van der Waals surface area (Å²) in [5.74, 6) is -0.695. The second-order valence-electron chi connectivity index (χ2n) is 5.40. The molecule has 110 valence electrons. The van der Waals surface area contributed by atoms with Gasteiger partial charge in [0.05, 0.1) is 5.69 Å². The first-order valence-electron chi connectivity index (χ1n) is 7.27. The van der Waals surface area contributed by atoms with Gasteiger partial charge in [-0.3, -0.25) is 0 Å². The highest BCUT2D eigenvalue weighted by molar-refractivity contribution is 5.60. The number of benzene rings is 1. The zero-order chi connectivity index (χ0) is 14.7. The van der Waals surface area contributed by atoms with Crippen LogP contribution in [0.1, 0.15) is 32.1 Å². The highest BCUT2D eigenvalue weighted by Crippen LogP contribution is 2.23. The van der Waals surface area contributed by atoms with Gasteiger partial charge in [-0.2, -0.15) is 0 Å². The Morgan fingerprint density at radius 3 is 2.43 bits per heavy atom. The second kappa shape index (κ2) is 6.16. The minimum Gasteiger partial charge on any atom is -0.351 e. The van der Waals surface area contributed by atoms with Gasteiger partial charge in [-0.25, -0.2) is 18.7 Å². The third-order valence-corrected chi connectivity index (χ3v) is 3.75. The van der Waals surface area contributed by atoms with Crippen LogP contribution < -0.4 is 5.32 Å². The summed E-state index contributed by atoms with van der Waals surface area (Å²) in [5.41, 5.74) is 0.934. The molecule has 0 spiro atoms. The molecule has 1 aromatic carbocycles. The number of nitrogens with one attached hydrogen (secondary N) is 1. The van der Waals surface area contributed by atoms with Crippen LogP contribution in [0.15, 0.2) is 30.5 Å². The van der Waals surface area contributed by atoms with E-state index in [9.17, 15) is 8.78 Å². The lowest BCUT2D eigenvalue weighted by atomic mass is 9.96. The molecule has 0 bridgehead atoms. The first kappa shape index (κ1) is 13.9. The largest absolute Gasteiger partial charge is 0.351 e. The SMILES string of the molecule is Fc1cc(F)cc(-c2ccnc(NC3CCCCC3)n2)c1. The van der Waals surface area contributed by atoms with E-state index < -0.39 is 11.6 Å². The zero-order valence-corrected chi connectivity index (χ0v) is 11.6. The van der Waals surface area contributed by atoms with Crippen molar-refractivity contribution in [1.29, 1.82) is 0 Å². The van der Waals surface area contributed by atoms with Gasteiger partial charge < -0.3 is 5.32 Å². The molecule has 3 rings (SSSR count). The van der Waals surface area contributed by atoms with E-state index in [1.165, 1.54) is 31.4 Å². The van der Waals surface area contributed by atoms with Gasteiger partial charge in [-0.05, 0) is 31.0 Å². The van der Waals surface area contributed by atoms with Crippen LogP contribution in [0.5, 0.6) is 0 Å². The molecule has 3 nitrogen and oxygen atoms in total. The lowest BCUT2D eigenvalue weighted by Gasteiger charge is -2.22. The van der Waals surface area contributed by atoms with Crippen molar-refractivity contribution < 1.29 is 8.78 Å². The van der Waals surface area contributed by atoms with Crippen LogP contribution >= 0.6 is 0 Å². The van der Waals surface area contributed by atoms with E-state index in [0.29, 0.717) is 23.2 Å². The maximum Gasteiger partial charge on any atom is 0.223 e. The smallest absolute Gasteiger partial charge is 0.223 e. The van der Waals surface area contributed by atoms with E-state index in [1.807, 2.05) is 0 Å². The predicted octanol–water partition coefficient (Wildman–Crippen LogP) is 4.17. The lowest BCUT2D eigenvalue weighted by molar-refractivity contribution is 0.461. The lowest BCUT2D eigenvalue weighted by Crippen LogP contribution is -2.23. The van der Waals surface area contributed by atoms with Gasteiger partial charge in [-0.1, -0.05) is 19.3 Å². The Kier molecular flexibility index (Phi) is 4.08. The van der Waals surface area contributed by atoms with Crippen molar-refractivity contribution in [3.63, 3.8) is 0 Å². The van der Waals surface area contributed by atoms with Gasteiger partial charge in [0.1, 0.15) is 11.6 Å². The molecular formula is C16H17F2N3. The first-order chi connectivity index (χ1) is 10.2.